The zero-order valence-corrected chi connectivity index (χ0v) is 9.91. The Kier molecular flexibility index (Phi) is 3.23. The van der Waals surface area contributed by atoms with Gasteiger partial charge in [-0.2, -0.15) is 0 Å². The van der Waals surface area contributed by atoms with Crippen LogP contribution in [0.25, 0.3) is 0 Å². The fourth-order valence-corrected chi connectivity index (χ4v) is 2.08. The van der Waals surface area contributed by atoms with E-state index in [9.17, 15) is 9.59 Å². The summed E-state index contributed by atoms with van der Waals surface area (Å²) in [7, 11) is 0. The summed E-state index contributed by atoms with van der Waals surface area (Å²) in [6.45, 7) is 1.67. The molecule has 1 heterocycles. The van der Waals surface area contributed by atoms with Crippen LogP contribution in [0.4, 0.5) is 5.69 Å². The molecule has 2 N–H and O–H groups in total. The fraction of sp³-hybridized carbons (Fsp3) is 0.273. The number of carbonyl (C=O) groups is 2. The number of nitrogens with one attached hydrogen (secondary N) is 1. The van der Waals surface area contributed by atoms with E-state index >= 15 is 0 Å². The van der Waals surface area contributed by atoms with Crippen LogP contribution in [0, 0.1) is 0 Å². The van der Waals surface area contributed by atoms with E-state index in [0.29, 0.717) is 11.4 Å². The predicted molar refractivity (Wildman–Crippen MR) is 63.5 cm³/mol. The van der Waals surface area contributed by atoms with Crippen LogP contribution in [-0.4, -0.2) is 28.8 Å². The Morgan fingerprint density at radius 2 is 2.35 bits per heavy atom. The van der Waals surface area contributed by atoms with Crippen molar-refractivity contribution >= 4 is 29.3 Å². The molecule has 6 heteroatoms. The van der Waals surface area contributed by atoms with Crippen LogP contribution in [0.3, 0.4) is 0 Å². The summed E-state index contributed by atoms with van der Waals surface area (Å²) in [4.78, 5) is 22.6. The summed E-state index contributed by atoms with van der Waals surface area (Å²) in [5, 5.41) is 11.3. The average Bonchev–Trinajstić information content (AvgIpc) is 2.28. The second-order valence-corrected chi connectivity index (χ2v) is 4.64. The summed E-state index contributed by atoms with van der Waals surface area (Å²) >= 11 is 1.20. The van der Waals surface area contributed by atoms with Crippen molar-refractivity contribution < 1.29 is 19.4 Å². The molecule has 0 aliphatic carbocycles. The van der Waals surface area contributed by atoms with E-state index in [1.165, 1.54) is 11.8 Å². The number of thioether (sulfide) groups is 1. The average molecular weight is 253 g/mol. The van der Waals surface area contributed by atoms with Gasteiger partial charge in [0.25, 0.3) is 5.91 Å². The Labute approximate surface area is 102 Å². The summed E-state index contributed by atoms with van der Waals surface area (Å²) in [5.74, 6) is -0.472. The maximum absolute atomic E-state index is 11.4. The number of carboxylic acid groups (broad SMARTS) is 1. The van der Waals surface area contributed by atoms with Gasteiger partial charge in [-0.05, 0) is 25.1 Å². The van der Waals surface area contributed by atoms with Gasteiger partial charge in [-0.1, -0.05) is 0 Å². The topological polar surface area (TPSA) is 75.6 Å². The van der Waals surface area contributed by atoms with Gasteiger partial charge < -0.3 is 15.2 Å². The maximum Gasteiger partial charge on any atom is 0.313 e. The highest BCUT2D eigenvalue weighted by molar-refractivity contribution is 8.00. The number of amides is 1. The van der Waals surface area contributed by atoms with Crippen LogP contribution < -0.4 is 10.1 Å². The van der Waals surface area contributed by atoms with Crippen molar-refractivity contribution in [2.24, 2.45) is 0 Å². The molecule has 1 unspecified atom stereocenters. The first kappa shape index (κ1) is 11.8. The van der Waals surface area contributed by atoms with Gasteiger partial charge in [0.2, 0.25) is 0 Å². The van der Waals surface area contributed by atoms with E-state index in [1.54, 1.807) is 25.1 Å². The van der Waals surface area contributed by atoms with Gasteiger partial charge in [-0.3, -0.25) is 9.59 Å². The Morgan fingerprint density at radius 3 is 3.06 bits per heavy atom. The minimum absolute atomic E-state index is 0.00993. The molecule has 0 saturated carbocycles. The van der Waals surface area contributed by atoms with Gasteiger partial charge in [-0.15, -0.1) is 11.8 Å². The number of aliphatic carboxylic acids is 1. The number of rotatable bonds is 3. The van der Waals surface area contributed by atoms with E-state index in [2.05, 4.69) is 5.32 Å². The highest BCUT2D eigenvalue weighted by Crippen LogP contribution is 2.33. The van der Waals surface area contributed by atoms with E-state index in [-0.39, 0.29) is 11.7 Å². The maximum atomic E-state index is 11.4. The molecule has 0 radical (unpaired) electrons. The van der Waals surface area contributed by atoms with Crippen molar-refractivity contribution in [3.63, 3.8) is 0 Å². The zero-order valence-electron chi connectivity index (χ0n) is 9.10. The molecule has 1 aliphatic rings. The molecular weight excluding hydrogens is 242 g/mol. The van der Waals surface area contributed by atoms with Crippen LogP contribution in [0.2, 0.25) is 0 Å². The minimum atomic E-state index is -0.873. The molecule has 0 saturated heterocycles. The fourth-order valence-electron chi connectivity index (χ4n) is 1.42. The quantitative estimate of drug-likeness (QED) is 0.800. The third-order valence-corrected chi connectivity index (χ3v) is 3.22. The van der Waals surface area contributed by atoms with Crippen LogP contribution in [0.1, 0.15) is 6.92 Å². The highest BCUT2D eigenvalue weighted by Gasteiger charge is 2.23. The molecule has 2 rings (SSSR count). The van der Waals surface area contributed by atoms with Crippen LogP contribution in [-0.2, 0) is 9.59 Å². The van der Waals surface area contributed by atoms with E-state index in [4.69, 9.17) is 9.84 Å². The van der Waals surface area contributed by atoms with E-state index in [1.807, 2.05) is 0 Å². The number of hydrogen-bond acceptors (Lipinski definition) is 4. The van der Waals surface area contributed by atoms with Gasteiger partial charge in [0.05, 0.1) is 11.4 Å². The first-order valence-corrected chi connectivity index (χ1v) is 6.01. The number of carboxylic acids is 1. The normalized spacial score (nSPS) is 17.9. The van der Waals surface area contributed by atoms with Gasteiger partial charge in [0, 0.05) is 4.90 Å². The lowest BCUT2D eigenvalue weighted by Gasteiger charge is -2.23. The minimum Gasteiger partial charge on any atom is -0.481 e. The summed E-state index contributed by atoms with van der Waals surface area (Å²) in [5.41, 5.74) is 0.587. The molecule has 5 nitrogen and oxygen atoms in total. The molecule has 0 fully saturated rings. The van der Waals surface area contributed by atoms with Crippen LogP contribution in [0.15, 0.2) is 23.1 Å². The molecule has 0 spiro atoms. The SMILES string of the molecule is CC1Oc2ccc(SCC(=O)O)cc2NC1=O. The molecule has 1 aromatic carbocycles. The second-order valence-electron chi connectivity index (χ2n) is 3.59. The van der Waals surface area contributed by atoms with Gasteiger partial charge in [-0.25, -0.2) is 0 Å². The number of benzene rings is 1. The molecule has 1 atom stereocenters. The molecule has 1 aromatic rings. The Hall–Kier alpha value is -1.69. The van der Waals surface area contributed by atoms with Gasteiger partial charge >= 0.3 is 5.97 Å². The van der Waals surface area contributed by atoms with E-state index in [0.717, 1.165) is 4.90 Å². The largest absolute Gasteiger partial charge is 0.481 e. The molecular formula is C11H11NO4S. The third-order valence-electron chi connectivity index (χ3n) is 2.24. The molecule has 0 bridgehead atoms. The lowest BCUT2D eigenvalue weighted by molar-refractivity contribution is -0.134. The lowest BCUT2D eigenvalue weighted by Crippen LogP contribution is -2.34. The van der Waals surface area contributed by atoms with Crippen LogP contribution >= 0.6 is 11.8 Å². The molecule has 17 heavy (non-hydrogen) atoms. The molecule has 1 aliphatic heterocycles. The van der Waals surface area contributed by atoms with Crippen molar-refractivity contribution in [3.8, 4) is 5.75 Å². The van der Waals surface area contributed by atoms with Gasteiger partial charge in [0.15, 0.2) is 6.10 Å². The molecule has 0 aromatic heterocycles. The summed E-state index contributed by atoms with van der Waals surface area (Å²) in [6.07, 6.45) is -0.500. The standard InChI is InChI=1S/C11H11NO4S/c1-6-11(15)12-8-4-7(17-5-10(13)14)2-3-9(8)16-6/h2-4,6H,5H2,1H3,(H,12,15)(H,13,14). The number of fused-ring (bicyclic) bond motifs is 1. The Morgan fingerprint density at radius 1 is 1.59 bits per heavy atom. The Bertz CT molecular complexity index is 475. The Balaban J connectivity index is 2.17. The first-order valence-electron chi connectivity index (χ1n) is 5.02. The predicted octanol–water partition coefficient (Wildman–Crippen LogP) is 1.58. The highest BCUT2D eigenvalue weighted by atomic mass is 32.2. The van der Waals surface area contributed by atoms with Crippen molar-refractivity contribution in [2.75, 3.05) is 11.1 Å². The number of hydrogen-bond donors (Lipinski definition) is 2. The molecule has 90 valence electrons. The lowest BCUT2D eigenvalue weighted by atomic mass is 10.2. The monoisotopic (exact) mass is 253 g/mol. The second kappa shape index (κ2) is 4.67. The van der Waals surface area contributed by atoms with Crippen molar-refractivity contribution in [1.29, 1.82) is 0 Å². The molecule has 1 amide bonds. The number of carbonyl (C=O) groups excluding carboxylic acids is 1. The van der Waals surface area contributed by atoms with Crippen molar-refractivity contribution in [2.45, 2.75) is 17.9 Å². The van der Waals surface area contributed by atoms with Crippen molar-refractivity contribution in [3.05, 3.63) is 18.2 Å². The first-order chi connectivity index (χ1) is 8.06. The number of ether oxygens (including phenoxy) is 1. The van der Waals surface area contributed by atoms with E-state index < -0.39 is 12.1 Å². The van der Waals surface area contributed by atoms with Crippen molar-refractivity contribution in [1.82, 2.24) is 0 Å². The van der Waals surface area contributed by atoms with Gasteiger partial charge in [0.1, 0.15) is 5.75 Å². The summed E-state index contributed by atoms with van der Waals surface area (Å²) < 4.78 is 5.39. The number of anilines is 1. The summed E-state index contributed by atoms with van der Waals surface area (Å²) in [6, 6.07) is 5.22. The zero-order chi connectivity index (χ0) is 12.4. The third kappa shape index (κ3) is 2.71. The smallest absolute Gasteiger partial charge is 0.313 e. The van der Waals surface area contributed by atoms with Crippen LogP contribution in [0.5, 0.6) is 5.75 Å².